The van der Waals surface area contributed by atoms with Crippen molar-refractivity contribution in [2.24, 2.45) is 0 Å². The Morgan fingerprint density at radius 1 is 1.15 bits per heavy atom. The first-order valence-corrected chi connectivity index (χ1v) is 9.09. The first-order chi connectivity index (χ1) is 13.1. The summed E-state index contributed by atoms with van der Waals surface area (Å²) in [5.41, 5.74) is 2.03. The first kappa shape index (κ1) is 17.2. The highest BCUT2D eigenvalue weighted by Gasteiger charge is 2.29. The van der Waals surface area contributed by atoms with Crippen molar-refractivity contribution in [1.82, 2.24) is 10.3 Å². The molecule has 136 valence electrons. The molecule has 0 atom stereocenters. The molecular formula is C22H20N2O3. The van der Waals surface area contributed by atoms with Gasteiger partial charge in [-0.15, -0.1) is 0 Å². The number of carbonyl (C=O) groups is 2. The van der Waals surface area contributed by atoms with Gasteiger partial charge in [0, 0.05) is 29.8 Å². The molecule has 1 aliphatic carbocycles. The molecule has 5 heteroatoms. The van der Waals surface area contributed by atoms with E-state index in [9.17, 15) is 9.59 Å². The molecule has 1 fully saturated rings. The van der Waals surface area contributed by atoms with Gasteiger partial charge in [-0.3, -0.25) is 9.59 Å². The molecule has 0 bridgehead atoms. The van der Waals surface area contributed by atoms with Crippen molar-refractivity contribution in [3.63, 3.8) is 0 Å². The van der Waals surface area contributed by atoms with Crippen molar-refractivity contribution in [3.8, 4) is 17.0 Å². The van der Waals surface area contributed by atoms with Crippen LogP contribution in [0.1, 0.15) is 30.3 Å². The van der Waals surface area contributed by atoms with E-state index in [0.29, 0.717) is 25.1 Å². The number of nitrogens with zero attached hydrogens (tertiary/aromatic N) is 1. The van der Waals surface area contributed by atoms with Gasteiger partial charge < -0.3 is 10.1 Å². The summed E-state index contributed by atoms with van der Waals surface area (Å²) >= 11 is 0. The lowest BCUT2D eigenvalue weighted by atomic mass is 9.91. The average molecular weight is 360 g/mol. The maximum Gasteiger partial charge on any atom is 0.270 e. The Morgan fingerprint density at radius 2 is 1.89 bits per heavy atom. The first-order valence-electron chi connectivity index (χ1n) is 9.09. The third-order valence-corrected chi connectivity index (χ3v) is 4.70. The zero-order valence-electron chi connectivity index (χ0n) is 15.1. The number of pyridine rings is 1. The molecule has 1 heterocycles. The summed E-state index contributed by atoms with van der Waals surface area (Å²) in [6.07, 6.45) is 0.810. The predicted molar refractivity (Wildman–Crippen MR) is 104 cm³/mol. The van der Waals surface area contributed by atoms with E-state index in [0.717, 1.165) is 27.8 Å². The lowest BCUT2D eigenvalue weighted by Crippen LogP contribution is -2.44. The van der Waals surface area contributed by atoms with E-state index in [1.807, 2.05) is 61.5 Å². The topological polar surface area (TPSA) is 68.3 Å². The Balaban J connectivity index is 1.71. The Kier molecular flexibility index (Phi) is 4.59. The minimum absolute atomic E-state index is 0.0836. The third kappa shape index (κ3) is 3.53. The van der Waals surface area contributed by atoms with Gasteiger partial charge in [-0.25, -0.2) is 4.98 Å². The molecule has 27 heavy (non-hydrogen) atoms. The van der Waals surface area contributed by atoms with Crippen molar-refractivity contribution < 1.29 is 14.3 Å². The van der Waals surface area contributed by atoms with Gasteiger partial charge in [0.25, 0.3) is 5.91 Å². The highest BCUT2D eigenvalue weighted by Crippen LogP contribution is 2.27. The smallest absolute Gasteiger partial charge is 0.270 e. The van der Waals surface area contributed by atoms with Gasteiger partial charge in [0.05, 0.1) is 12.3 Å². The summed E-state index contributed by atoms with van der Waals surface area (Å²) in [4.78, 5) is 28.6. The van der Waals surface area contributed by atoms with Crippen LogP contribution in [0, 0.1) is 0 Å². The number of ketones is 1. The SMILES string of the molecule is CCOc1ccc(-c2cc3ccccc3c(C(=O)NC3CC(=O)C3)n2)cc1. The highest BCUT2D eigenvalue weighted by atomic mass is 16.5. The zero-order chi connectivity index (χ0) is 18.8. The molecule has 0 saturated heterocycles. The maximum atomic E-state index is 12.8. The van der Waals surface area contributed by atoms with Crippen LogP contribution in [0.3, 0.4) is 0 Å². The van der Waals surface area contributed by atoms with Crippen molar-refractivity contribution in [2.75, 3.05) is 6.61 Å². The number of Topliss-reactive ketones (excluding diaryl/α,β-unsaturated/α-hetero) is 1. The van der Waals surface area contributed by atoms with Crippen molar-refractivity contribution in [3.05, 3.63) is 60.3 Å². The number of hydrogen-bond donors (Lipinski definition) is 1. The molecule has 1 aliphatic rings. The monoisotopic (exact) mass is 360 g/mol. The van der Waals surface area contributed by atoms with E-state index in [1.54, 1.807) is 0 Å². The highest BCUT2D eigenvalue weighted by molar-refractivity contribution is 6.07. The van der Waals surface area contributed by atoms with E-state index in [-0.39, 0.29) is 17.7 Å². The lowest BCUT2D eigenvalue weighted by molar-refractivity contribution is -0.124. The Labute approximate surface area is 157 Å². The van der Waals surface area contributed by atoms with Crippen LogP contribution in [0.4, 0.5) is 0 Å². The van der Waals surface area contributed by atoms with Crippen LogP contribution in [0.5, 0.6) is 5.75 Å². The minimum Gasteiger partial charge on any atom is -0.494 e. The molecule has 0 radical (unpaired) electrons. The van der Waals surface area contributed by atoms with Gasteiger partial charge in [0.15, 0.2) is 0 Å². The number of amides is 1. The van der Waals surface area contributed by atoms with Gasteiger partial charge >= 0.3 is 0 Å². The van der Waals surface area contributed by atoms with Gasteiger partial charge in [-0.2, -0.15) is 0 Å². The summed E-state index contributed by atoms with van der Waals surface area (Å²) in [6.45, 7) is 2.56. The molecule has 0 spiro atoms. The zero-order valence-corrected chi connectivity index (χ0v) is 15.1. The maximum absolute atomic E-state index is 12.8. The normalized spacial score (nSPS) is 14.0. The number of rotatable bonds is 5. The van der Waals surface area contributed by atoms with Crippen LogP contribution in [0.2, 0.25) is 0 Å². The number of carbonyl (C=O) groups excluding carboxylic acids is 2. The molecule has 2 aromatic carbocycles. The number of aromatic nitrogens is 1. The molecule has 1 N–H and O–H groups in total. The van der Waals surface area contributed by atoms with Crippen molar-refractivity contribution in [2.45, 2.75) is 25.8 Å². The van der Waals surface area contributed by atoms with Gasteiger partial charge in [0.2, 0.25) is 0 Å². The second kappa shape index (κ2) is 7.19. The van der Waals surface area contributed by atoms with Crippen LogP contribution in [-0.4, -0.2) is 29.3 Å². The predicted octanol–water partition coefficient (Wildman–Crippen LogP) is 3.76. The molecule has 0 aliphatic heterocycles. The summed E-state index contributed by atoms with van der Waals surface area (Å²) in [7, 11) is 0. The molecule has 1 saturated carbocycles. The summed E-state index contributed by atoms with van der Waals surface area (Å²) in [6, 6.07) is 17.3. The number of ether oxygens (including phenoxy) is 1. The molecule has 4 rings (SSSR count). The fraction of sp³-hybridized carbons (Fsp3) is 0.227. The second-order valence-electron chi connectivity index (χ2n) is 6.65. The Bertz CT molecular complexity index is 1000. The van der Waals surface area contributed by atoms with Crippen LogP contribution in [0.15, 0.2) is 54.6 Å². The van der Waals surface area contributed by atoms with Gasteiger partial charge in [-0.1, -0.05) is 24.3 Å². The Hall–Kier alpha value is -3.21. The number of benzene rings is 2. The number of fused-ring (bicyclic) bond motifs is 1. The van der Waals surface area contributed by atoms with Gasteiger partial charge in [0.1, 0.15) is 17.2 Å². The van der Waals surface area contributed by atoms with E-state index in [2.05, 4.69) is 10.3 Å². The third-order valence-electron chi connectivity index (χ3n) is 4.70. The number of hydrogen-bond acceptors (Lipinski definition) is 4. The van der Waals surface area contributed by atoms with Crippen molar-refractivity contribution >= 4 is 22.5 Å². The lowest BCUT2D eigenvalue weighted by Gasteiger charge is -2.25. The Morgan fingerprint density at radius 3 is 2.59 bits per heavy atom. The van der Waals surface area contributed by atoms with Crippen LogP contribution >= 0.6 is 0 Å². The molecule has 0 unspecified atom stereocenters. The van der Waals surface area contributed by atoms with Crippen LogP contribution < -0.4 is 10.1 Å². The second-order valence-corrected chi connectivity index (χ2v) is 6.65. The number of nitrogens with one attached hydrogen (secondary N) is 1. The van der Waals surface area contributed by atoms with E-state index >= 15 is 0 Å². The molecule has 3 aromatic rings. The fourth-order valence-corrected chi connectivity index (χ4v) is 3.25. The largest absolute Gasteiger partial charge is 0.494 e. The van der Waals surface area contributed by atoms with E-state index < -0.39 is 0 Å². The summed E-state index contributed by atoms with van der Waals surface area (Å²) in [5, 5.41) is 4.67. The molecule has 1 aromatic heterocycles. The van der Waals surface area contributed by atoms with E-state index in [1.165, 1.54) is 0 Å². The van der Waals surface area contributed by atoms with E-state index in [4.69, 9.17) is 4.74 Å². The van der Waals surface area contributed by atoms with Crippen LogP contribution in [-0.2, 0) is 4.79 Å². The summed E-state index contributed by atoms with van der Waals surface area (Å²) in [5.74, 6) is 0.743. The molecule has 1 amide bonds. The minimum atomic E-state index is -0.239. The van der Waals surface area contributed by atoms with Gasteiger partial charge in [-0.05, 0) is 42.6 Å². The standard InChI is InChI=1S/C22H20N2O3/c1-2-27-18-9-7-14(8-10-18)20-11-15-5-3-4-6-19(15)21(24-20)22(26)23-16-12-17(25)13-16/h3-11,16H,2,12-13H2,1H3,(H,23,26). The quantitative estimate of drug-likeness (QED) is 0.752. The molecule has 5 nitrogen and oxygen atoms in total. The molecular weight excluding hydrogens is 340 g/mol. The fourth-order valence-electron chi connectivity index (χ4n) is 3.25. The average Bonchev–Trinajstić information content (AvgIpc) is 2.66. The van der Waals surface area contributed by atoms with Crippen LogP contribution in [0.25, 0.3) is 22.0 Å². The van der Waals surface area contributed by atoms with Crippen molar-refractivity contribution in [1.29, 1.82) is 0 Å². The summed E-state index contributed by atoms with van der Waals surface area (Å²) < 4.78 is 5.49.